The van der Waals surface area contributed by atoms with Gasteiger partial charge >= 0.3 is 0 Å². The zero-order valence-corrected chi connectivity index (χ0v) is 14.1. The van der Waals surface area contributed by atoms with E-state index in [1.54, 1.807) is 41.1 Å². The number of aromatic nitrogens is 1. The normalized spacial score (nSPS) is 12.2. The van der Waals surface area contributed by atoms with Gasteiger partial charge in [0.1, 0.15) is 5.75 Å². The number of fused-ring (bicyclic) bond motifs is 1. The third-order valence-electron chi connectivity index (χ3n) is 4.28. The molecule has 0 saturated carbocycles. The van der Waals surface area contributed by atoms with Crippen molar-refractivity contribution in [3.63, 3.8) is 0 Å². The summed E-state index contributed by atoms with van der Waals surface area (Å²) in [5.74, 6) is 1.81. The Morgan fingerprint density at radius 2 is 1.85 bits per heavy atom. The fourth-order valence-electron chi connectivity index (χ4n) is 2.96. The second kappa shape index (κ2) is 6.55. The molecule has 6 heteroatoms. The van der Waals surface area contributed by atoms with Gasteiger partial charge in [0.2, 0.25) is 13.7 Å². The molecule has 1 aliphatic rings. The zero-order chi connectivity index (χ0) is 18.1. The molecule has 3 aromatic rings. The Bertz CT molecular complexity index is 1010. The molecule has 0 saturated heterocycles. The van der Waals surface area contributed by atoms with Crippen molar-refractivity contribution in [1.29, 1.82) is 0 Å². The first-order valence-corrected chi connectivity index (χ1v) is 8.08. The van der Waals surface area contributed by atoms with E-state index in [4.69, 9.17) is 14.2 Å². The molecule has 5 nitrogen and oxygen atoms in total. The van der Waals surface area contributed by atoms with Crippen LogP contribution in [-0.4, -0.2) is 18.2 Å². The van der Waals surface area contributed by atoms with Crippen molar-refractivity contribution >= 4 is 0 Å². The minimum absolute atomic E-state index is 0.147. The number of hydrogen-bond acceptors (Lipinski definition) is 4. The molecule has 0 fully saturated rings. The maximum absolute atomic E-state index is 12.4. The largest absolute Gasteiger partial charge is 0.463 e. The van der Waals surface area contributed by atoms with Crippen LogP contribution in [0.1, 0.15) is 5.56 Å². The SMILES string of the molecule is Cc1cc(=O)n(-c2ccc(OCF)cc2)cc1-c1ccc2c(c1)OCO2. The Kier molecular flexibility index (Phi) is 4.08. The molecule has 0 spiro atoms. The van der Waals surface area contributed by atoms with Gasteiger partial charge in [-0.15, -0.1) is 0 Å². The molecule has 2 aromatic carbocycles. The lowest BCUT2D eigenvalue weighted by Gasteiger charge is -2.12. The van der Waals surface area contributed by atoms with Crippen molar-refractivity contribution < 1.29 is 18.6 Å². The fourth-order valence-corrected chi connectivity index (χ4v) is 2.96. The molecule has 0 amide bonds. The molecule has 132 valence electrons. The van der Waals surface area contributed by atoms with Crippen LogP contribution >= 0.6 is 0 Å². The third kappa shape index (κ3) is 2.90. The summed E-state index contributed by atoms with van der Waals surface area (Å²) in [4.78, 5) is 12.4. The third-order valence-corrected chi connectivity index (χ3v) is 4.28. The van der Waals surface area contributed by atoms with Gasteiger partial charge in [0, 0.05) is 23.5 Å². The number of nitrogens with zero attached hydrogens (tertiary/aromatic N) is 1. The van der Waals surface area contributed by atoms with Crippen LogP contribution in [0.3, 0.4) is 0 Å². The van der Waals surface area contributed by atoms with E-state index in [0.29, 0.717) is 22.9 Å². The highest BCUT2D eigenvalue weighted by Gasteiger charge is 2.15. The van der Waals surface area contributed by atoms with Crippen LogP contribution in [-0.2, 0) is 0 Å². The van der Waals surface area contributed by atoms with E-state index >= 15 is 0 Å². The van der Waals surface area contributed by atoms with Gasteiger partial charge in [0.25, 0.3) is 5.56 Å². The molecule has 26 heavy (non-hydrogen) atoms. The number of ether oxygens (including phenoxy) is 3. The van der Waals surface area contributed by atoms with Crippen molar-refractivity contribution in [2.24, 2.45) is 0 Å². The predicted octanol–water partition coefficient (Wildman–Crippen LogP) is 3.85. The first kappa shape index (κ1) is 16.2. The Labute approximate surface area is 149 Å². The van der Waals surface area contributed by atoms with Gasteiger partial charge in [0.15, 0.2) is 11.5 Å². The minimum Gasteiger partial charge on any atom is -0.463 e. The van der Waals surface area contributed by atoms with Crippen LogP contribution in [0.5, 0.6) is 17.2 Å². The molecule has 0 N–H and O–H groups in total. The van der Waals surface area contributed by atoms with Gasteiger partial charge in [-0.1, -0.05) is 6.07 Å². The Hall–Kier alpha value is -3.28. The Morgan fingerprint density at radius 1 is 1.08 bits per heavy atom. The van der Waals surface area contributed by atoms with E-state index in [0.717, 1.165) is 16.7 Å². The molecule has 2 heterocycles. The topological polar surface area (TPSA) is 49.7 Å². The second-order valence-corrected chi connectivity index (χ2v) is 5.89. The molecule has 1 aliphatic heterocycles. The standard InChI is InChI=1S/C20H16FNO4/c1-13-8-20(23)22(15-3-5-16(6-4-15)24-11-21)10-17(13)14-2-7-18-19(9-14)26-12-25-18/h2-10H,11-12H2,1H3. The lowest BCUT2D eigenvalue weighted by molar-refractivity contribution is 0.174. The van der Waals surface area contributed by atoms with Crippen LogP contribution in [0.25, 0.3) is 16.8 Å². The van der Waals surface area contributed by atoms with Crippen molar-refractivity contribution in [2.75, 3.05) is 13.7 Å². The summed E-state index contributed by atoms with van der Waals surface area (Å²) in [7, 11) is 0. The number of halogens is 1. The van der Waals surface area contributed by atoms with E-state index in [9.17, 15) is 9.18 Å². The summed E-state index contributed by atoms with van der Waals surface area (Å²) in [6.07, 6.45) is 1.79. The van der Waals surface area contributed by atoms with Crippen molar-refractivity contribution in [3.8, 4) is 34.1 Å². The number of rotatable bonds is 4. The van der Waals surface area contributed by atoms with Crippen LogP contribution < -0.4 is 19.8 Å². The summed E-state index contributed by atoms with van der Waals surface area (Å²) in [6.45, 7) is 1.21. The summed E-state index contributed by atoms with van der Waals surface area (Å²) in [5, 5.41) is 0. The maximum Gasteiger partial charge on any atom is 0.255 e. The smallest absolute Gasteiger partial charge is 0.255 e. The molecule has 0 aliphatic carbocycles. The summed E-state index contributed by atoms with van der Waals surface area (Å²) in [6, 6.07) is 14.0. The van der Waals surface area contributed by atoms with Gasteiger partial charge in [0.05, 0.1) is 0 Å². The molecule has 0 radical (unpaired) electrons. The van der Waals surface area contributed by atoms with E-state index in [1.165, 1.54) is 0 Å². The second-order valence-electron chi connectivity index (χ2n) is 5.89. The van der Waals surface area contributed by atoms with E-state index in [-0.39, 0.29) is 12.4 Å². The van der Waals surface area contributed by atoms with Gasteiger partial charge in [-0.05, 0) is 54.4 Å². The first-order valence-electron chi connectivity index (χ1n) is 8.08. The highest BCUT2D eigenvalue weighted by molar-refractivity contribution is 5.70. The number of alkyl halides is 1. The van der Waals surface area contributed by atoms with E-state index < -0.39 is 6.86 Å². The maximum atomic E-state index is 12.4. The monoisotopic (exact) mass is 353 g/mol. The fraction of sp³-hybridized carbons (Fsp3) is 0.150. The number of aryl methyl sites for hydroxylation is 1. The average Bonchev–Trinajstić information content (AvgIpc) is 3.11. The predicted molar refractivity (Wildman–Crippen MR) is 94.9 cm³/mol. The van der Waals surface area contributed by atoms with Gasteiger partial charge in [-0.2, -0.15) is 0 Å². The van der Waals surface area contributed by atoms with Gasteiger partial charge in [-0.3, -0.25) is 9.36 Å². The highest BCUT2D eigenvalue weighted by atomic mass is 19.1. The van der Waals surface area contributed by atoms with Crippen LogP contribution in [0.15, 0.2) is 59.5 Å². The first-order chi connectivity index (χ1) is 12.7. The molecular formula is C20H16FNO4. The average molecular weight is 353 g/mol. The number of pyridine rings is 1. The number of benzene rings is 2. The van der Waals surface area contributed by atoms with Crippen molar-refractivity contribution in [1.82, 2.24) is 4.57 Å². The van der Waals surface area contributed by atoms with Crippen LogP contribution in [0, 0.1) is 6.92 Å². The van der Waals surface area contributed by atoms with Gasteiger partial charge in [-0.25, -0.2) is 4.39 Å². The van der Waals surface area contributed by atoms with Crippen LogP contribution in [0.4, 0.5) is 4.39 Å². The molecule has 0 atom stereocenters. The number of hydrogen-bond donors (Lipinski definition) is 0. The zero-order valence-electron chi connectivity index (χ0n) is 14.1. The minimum atomic E-state index is -0.891. The Balaban J connectivity index is 1.77. The molecule has 4 rings (SSSR count). The summed E-state index contributed by atoms with van der Waals surface area (Å²) >= 11 is 0. The lowest BCUT2D eigenvalue weighted by Crippen LogP contribution is -2.17. The highest BCUT2D eigenvalue weighted by Crippen LogP contribution is 2.36. The Morgan fingerprint density at radius 3 is 2.62 bits per heavy atom. The van der Waals surface area contributed by atoms with E-state index in [1.807, 2.05) is 25.1 Å². The van der Waals surface area contributed by atoms with Crippen molar-refractivity contribution in [3.05, 3.63) is 70.6 Å². The van der Waals surface area contributed by atoms with Crippen molar-refractivity contribution in [2.45, 2.75) is 6.92 Å². The summed E-state index contributed by atoms with van der Waals surface area (Å²) < 4.78 is 29.4. The lowest BCUT2D eigenvalue weighted by atomic mass is 10.0. The van der Waals surface area contributed by atoms with Crippen LogP contribution in [0.2, 0.25) is 0 Å². The molecule has 1 aromatic heterocycles. The van der Waals surface area contributed by atoms with E-state index in [2.05, 4.69) is 0 Å². The van der Waals surface area contributed by atoms with Gasteiger partial charge < -0.3 is 14.2 Å². The quantitative estimate of drug-likeness (QED) is 0.715. The molecule has 0 unspecified atom stereocenters. The molecular weight excluding hydrogens is 337 g/mol. The summed E-state index contributed by atoms with van der Waals surface area (Å²) in [5.41, 5.74) is 3.22. The molecule has 0 bridgehead atoms.